The third-order valence-corrected chi connectivity index (χ3v) is 4.03. The number of hydrogen-bond donors (Lipinski definition) is 1. The van der Waals surface area contributed by atoms with Gasteiger partial charge in [0.1, 0.15) is 5.75 Å². The van der Waals surface area contributed by atoms with E-state index >= 15 is 0 Å². The van der Waals surface area contributed by atoms with Crippen LogP contribution in [0.4, 0.5) is 0 Å². The molecule has 0 saturated heterocycles. The van der Waals surface area contributed by atoms with Crippen LogP contribution in [0.5, 0.6) is 5.75 Å². The third-order valence-electron chi connectivity index (χ3n) is 3.52. The number of fused-ring (bicyclic) bond motifs is 1. The average Bonchev–Trinajstić information content (AvgIpc) is 2.55. The van der Waals surface area contributed by atoms with E-state index in [9.17, 15) is 9.90 Å². The molecule has 24 heavy (non-hydrogen) atoms. The van der Waals surface area contributed by atoms with Crippen LogP contribution in [0.15, 0.2) is 42.5 Å². The zero-order valence-electron chi connectivity index (χ0n) is 12.7. The van der Waals surface area contributed by atoms with Crippen LogP contribution in [0.3, 0.4) is 0 Å². The number of carbonyl (C=O) groups is 1. The molecule has 0 bridgehead atoms. The second-order valence-corrected chi connectivity index (χ2v) is 5.92. The standard InChI is InChI=1S/C18H13Cl2NO3/c1-2-24-16-6-4-3-5-11(16)15-9-13(18(22)23)12-7-10(19)8-14(20)17(12)21-15/h3-9H,2H2,1H3,(H,22,23). The van der Waals surface area contributed by atoms with Gasteiger partial charge in [0.15, 0.2) is 0 Å². The molecule has 1 heterocycles. The summed E-state index contributed by atoms with van der Waals surface area (Å²) < 4.78 is 5.61. The largest absolute Gasteiger partial charge is 0.493 e. The van der Waals surface area contributed by atoms with E-state index in [4.69, 9.17) is 27.9 Å². The number of pyridine rings is 1. The number of benzene rings is 2. The summed E-state index contributed by atoms with van der Waals surface area (Å²) in [7, 11) is 0. The molecule has 122 valence electrons. The van der Waals surface area contributed by atoms with Crippen LogP contribution in [0.2, 0.25) is 10.0 Å². The fourth-order valence-electron chi connectivity index (χ4n) is 2.53. The minimum atomic E-state index is -1.07. The fraction of sp³-hybridized carbons (Fsp3) is 0.111. The molecule has 0 fully saturated rings. The van der Waals surface area contributed by atoms with Gasteiger partial charge in [-0.1, -0.05) is 35.3 Å². The molecule has 3 rings (SSSR count). The number of aromatic carboxylic acids is 1. The fourth-order valence-corrected chi connectivity index (χ4v) is 3.06. The van der Waals surface area contributed by atoms with Crippen LogP contribution < -0.4 is 4.74 Å². The lowest BCUT2D eigenvalue weighted by molar-refractivity contribution is 0.0699. The van der Waals surface area contributed by atoms with Crippen LogP contribution in [-0.2, 0) is 0 Å². The Morgan fingerprint density at radius 1 is 1.21 bits per heavy atom. The number of aromatic nitrogens is 1. The van der Waals surface area contributed by atoms with E-state index in [1.54, 1.807) is 12.1 Å². The van der Waals surface area contributed by atoms with E-state index in [-0.39, 0.29) is 5.56 Å². The first-order valence-corrected chi connectivity index (χ1v) is 8.02. The van der Waals surface area contributed by atoms with Gasteiger partial charge in [-0.05, 0) is 37.3 Å². The topological polar surface area (TPSA) is 59.4 Å². The maximum atomic E-state index is 11.7. The molecule has 4 nitrogen and oxygen atoms in total. The number of para-hydroxylation sites is 1. The SMILES string of the molecule is CCOc1ccccc1-c1cc(C(=O)O)c2cc(Cl)cc(Cl)c2n1. The van der Waals surface area contributed by atoms with Crippen molar-refractivity contribution in [1.82, 2.24) is 4.98 Å². The number of carboxylic acids is 1. The monoisotopic (exact) mass is 361 g/mol. The lowest BCUT2D eigenvalue weighted by Gasteiger charge is -2.12. The minimum Gasteiger partial charge on any atom is -0.493 e. The van der Waals surface area contributed by atoms with Crippen LogP contribution in [-0.4, -0.2) is 22.7 Å². The summed E-state index contributed by atoms with van der Waals surface area (Å²) in [5, 5.41) is 10.6. The summed E-state index contributed by atoms with van der Waals surface area (Å²) >= 11 is 12.2. The van der Waals surface area contributed by atoms with Gasteiger partial charge in [-0.15, -0.1) is 0 Å². The molecule has 2 aromatic carbocycles. The Kier molecular flexibility index (Phi) is 4.60. The molecule has 0 saturated carbocycles. The van der Waals surface area contributed by atoms with Crippen molar-refractivity contribution in [3.63, 3.8) is 0 Å². The average molecular weight is 362 g/mol. The normalized spacial score (nSPS) is 10.8. The Bertz CT molecular complexity index is 941. The second kappa shape index (κ2) is 6.67. The van der Waals surface area contributed by atoms with E-state index in [0.29, 0.717) is 44.6 Å². The Labute approximate surface area is 148 Å². The van der Waals surface area contributed by atoms with Crippen LogP contribution in [0, 0.1) is 0 Å². The first kappa shape index (κ1) is 16.6. The number of halogens is 2. The second-order valence-electron chi connectivity index (χ2n) is 5.07. The van der Waals surface area contributed by atoms with Crippen molar-refractivity contribution in [3.8, 4) is 17.0 Å². The highest BCUT2D eigenvalue weighted by atomic mass is 35.5. The molecule has 0 unspecified atom stereocenters. The molecular formula is C18H13Cl2NO3. The van der Waals surface area contributed by atoms with Crippen LogP contribution >= 0.6 is 23.2 Å². The zero-order chi connectivity index (χ0) is 17.3. The summed E-state index contributed by atoms with van der Waals surface area (Å²) in [6, 6.07) is 11.9. The minimum absolute atomic E-state index is 0.0886. The van der Waals surface area contributed by atoms with Gasteiger partial charge in [0.25, 0.3) is 0 Å². The summed E-state index contributed by atoms with van der Waals surface area (Å²) in [5.74, 6) is -0.441. The molecule has 0 aliphatic rings. The van der Waals surface area contributed by atoms with Gasteiger partial charge in [0, 0.05) is 16.0 Å². The van der Waals surface area contributed by atoms with E-state index in [1.807, 2.05) is 31.2 Å². The van der Waals surface area contributed by atoms with Crippen LogP contribution in [0.1, 0.15) is 17.3 Å². The molecule has 0 spiro atoms. The van der Waals surface area contributed by atoms with Gasteiger partial charge in [-0.2, -0.15) is 0 Å². The number of ether oxygens (including phenoxy) is 1. The zero-order valence-corrected chi connectivity index (χ0v) is 14.2. The first-order valence-electron chi connectivity index (χ1n) is 7.26. The molecular weight excluding hydrogens is 349 g/mol. The predicted molar refractivity (Wildman–Crippen MR) is 95.3 cm³/mol. The smallest absolute Gasteiger partial charge is 0.336 e. The van der Waals surface area contributed by atoms with Gasteiger partial charge in [0.2, 0.25) is 0 Å². The summed E-state index contributed by atoms with van der Waals surface area (Å²) in [5.41, 5.74) is 1.66. The Hall–Kier alpha value is -2.30. The van der Waals surface area contributed by atoms with Crippen molar-refractivity contribution in [2.45, 2.75) is 6.92 Å². The third kappa shape index (κ3) is 3.03. The highest BCUT2D eigenvalue weighted by Crippen LogP contribution is 2.35. The Morgan fingerprint density at radius 3 is 2.67 bits per heavy atom. The molecule has 0 aliphatic heterocycles. The lowest BCUT2D eigenvalue weighted by atomic mass is 10.0. The Morgan fingerprint density at radius 2 is 1.96 bits per heavy atom. The summed E-state index contributed by atoms with van der Waals surface area (Å²) in [6.07, 6.45) is 0. The predicted octanol–water partition coefficient (Wildman–Crippen LogP) is 5.31. The van der Waals surface area contributed by atoms with E-state index in [0.717, 1.165) is 0 Å². The van der Waals surface area contributed by atoms with Crippen molar-refractivity contribution in [3.05, 3.63) is 58.1 Å². The maximum absolute atomic E-state index is 11.7. The van der Waals surface area contributed by atoms with Crippen molar-refractivity contribution in [2.24, 2.45) is 0 Å². The molecule has 3 aromatic rings. The van der Waals surface area contributed by atoms with Gasteiger partial charge in [-0.25, -0.2) is 9.78 Å². The molecule has 6 heteroatoms. The molecule has 1 N–H and O–H groups in total. The number of nitrogens with zero attached hydrogens (tertiary/aromatic N) is 1. The van der Waals surface area contributed by atoms with E-state index in [1.165, 1.54) is 6.07 Å². The highest BCUT2D eigenvalue weighted by molar-refractivity contribution is 6.38. The molecule has 1 aromatic heterocycles. The molecule has 0 radical (unpaired) electrons. The Balaban J connectivity index is 2.33. The van der Waals surface area contributed by atoms with Gasteiger partial charge in [0.05, 0.1) is 28.4 Å². The van der Waals surface area contributed by atoms with Crippen molar-refractivity contribution < 1.29 is 14.6 Å². The molecule has 0 amide bonds. The first-order chi connectivity index (χ1) is 11.5. The molecule has 0 aliphatic carbocycles. The van der Waals surface area contributed by atoms with Crippen molar-refractivity contribution in [2.75, 3.05) is 6.61 Å². The number of rotatable bonds is 4. The molecule has 0 atom stereocenters. The summed E-state index contributed by atoms with van der Waals surface area (Å²) in [4.78, 5) is 16.2. The maximum Gasteiger partial charge on any atom is 0.336 e. The summed E-state index contributed by atoms with van der Waals surface area (Å²) in [6.45, 7) is 2.37. The quantitative estimate of drug-likeness (QED) is 0.684. The number of carboxylic acid groups (broad SMARTS) is 1. The number of hydrogen-bond acceptors (Lipinski definition) is 3. The van der Waals surface area contributed by atoms with Gasteiger partial charge >= 0.3 is 5.97 Å². The van der Waals surface area contributed by atoms with Crippen molar-refractivity contribution in [1.29, 1.82) is 0 Å². The van der Waals surface area contributed by atoms with Crippen molar-refractivity contribution >= 4 is 40.1 Å². The van der Waals surface area contributed by atoms with Crippen LogP contribution in [0.25, 0.3) is 22.2 Å². The van der Waals surface area contributed by atoms with Gasteiger partial charge < -0.3 is 9.84 Å². The van der Waals surface area contributed by atoms with E-state index in [2.05, 4.69) is 4.98 Å². The van der Waals surface area contributed by atoms with Gasteiger partial charge in [-0.3, -0.25) is 0 Å². The highest BCUT2D eigenvalue weighted by Gasteiger charge is 2.17. The van der Waals surface area contributed by atoms with E-state index < -0.39 is 5.97 Å². The lowest BCUT2D eigenvalue weighted by Crippen LogP contribution is -2.02.